The van der Waals surface area contributed by atoms with Crippen LogP contribution in [0.3, 0.4) is 0 Å². The molecule has 0 aliphatic heterocycles. The zero-order valence-electron chi connectivity index (χ0n) is 11.2. The SMILES string of the molecule is O=C(Nc1cn[nH]c1)NC(CCc1ccccc1)C(=O)O. The first-order chi connectivity index (χ1) is 10.1. The van der Waals surface area contributed by atoms with Crippen molar-refractivity contribution in [3.05, 3.63) is 48.3 Å². The van der Waals surface area contributed by atoms with Crippen LogP contribution in [0.15, 0.2) is 42.7 Å². The standard InChI is InChI=1S/C14H16N4O3/c19-13(20)12(7-6-10-4-2-1-3-5-10)18-14(21)17-11-8-15-16-9-11/h1-5,8-9,12H,6-7H2,(H,15,16)(H,19,20)(H2,17,18,21). The lowest BCUT2D eigenvalue weighted by atomic mass is 10.1. The number of carbonyl (C=O) groups is 2. The number of aryl methyl sites for hydroxylation is 1. The monoisotopic (exact) mass is 288 g/mol. The normalized spacial score (nSPS) is 11.6. The van der Waals surface area contributed by atoms with E-state index >= 15 is 0 Å². The molecule has 0 fully saturated rings. The molecular formula is C14H16N4O3. The van der Waals surface area contributed by atoms with Gasteiger partial charge in [-0.05, 0) is 18.4 Å². The second-order valence-electron chi connectivity index (χ2n) is 4.50. The van der Waals surface area contributed by atoms with Gasteiger partial charge in [-0.25, -0.2) is 9.59 Å². The van der Waals surface area contributed by atoms with Gasteiger partial charge in [0.1, 0.15) is 6.04 Å². The highest BCUT2D eigenvalue weighted by atomic mass is 16.4. The number of hydrogen-bond acceptors (Lipinski definition) is 3. The molecule has 0 radical (unpaired) electrons. The lowest BCUT2D eigenvalue weighted by Gasteiger charge is -2.14. The Hall–Kier alpha value is -2.83. The number of nitrogens with one attached hydrogen (secondary N) is 3. The number of carboxylic acids is 1. The Morgan fingerprint density at radius 2 is 2.05 bits per heavy atom. The molecule has 7 nitrogen and oxygen atoms in total. The van der Waals surface area contributed by atoms with Gasteiger partial charge in [-0.1, -0.05) is 30.3 Å². The summed E-state index contributed by atoms with van der Waals surface area (Å²) >= 11 is 0. The summed E-state index contributed by atoms with van der Waals surface area (Å²) in [5, 5.41) is 20.3. The maximum Gasteiger partial charge on any atom is 0.326 e. The van der Waals surface area contributed by atoms with E-state index in [-0.39, 0.29) is 0 Å². The van der Waals surface area contributed by atoms with Crippen molar-refractivity contribution in [1.29, 1.82) is 0 Å². The molecular weight excluding hydrogens is 272 g/mol. The number of rotatable bonds is 6. The Kier molecular flexibility index (Phi) is 4.92. The van der Waals surface area contributed by atoms with Gasteiger partial charge in [0.25, 0.3) is 0 Å². The number of benzene rings is 1. The lowest BCUT2D eigenvalue weighted by Crippen LogP contribution is -2.43. The van der Waals surface area contributed by atoms with Gasteiger partial charge >= 0.3 is 12.0 Å². The van der Waals surface area contributed by atoms with Crippen molar-refractivity contribution in [2.24, 2.45) is 0 Å². The number of nitrogens with zero attached hydrogens (tertiary/aromatic N) is 1. The molecule has 7 heteroatoms. The molecule has 0 saturated heterocycles. The molecule has 4 N–H and O–H groups in total. The summed E-state index contributed by atoms with van der Waals surface area (Å²) in [6.45, 7) is 0. The Morgan fingerprint density at radius 3 is 2.67 bits per heavy atom. The van der Waals surface area contributed by atoms with Crippen molar-refractivity contribution in [3.8, 4) is 0 Å². The molecule has 2 rings (SSSR count). The van der Waals surface area contributed by atoms with Crippen LogP contribution in [0, 0.1) is 0 Å². The maximum absolute atomic E-state index is 11.7. The van der Waals surface area contributed by atoms with Gasteiger partial charge in [-0.15, -0.1) is 0 Å². The van der Waals surface area contributed by atoms with Gasteiger partial charge in [0.15, 0.2) is 0 Å². The van der Waals surface area contributed by atoms with E-state index in [2.05, 4.69) is 20.8 Å². The van der Waals surface area contributed by atoms with E-state index < -0.39 is 18.0 Å². The van der Waals surface area contributed by atoms with Crippen LogP contribution in [0.25, 0.3) is 0 Å². The van der Waals surface area contributed by atoms with Gasteiger partial charge in [0.2, 0.25) is 0 Å². The minimum absolute atomic E-state index is 0.318. The Morgan fingerprint density at radius 1 is 1.29 bits per heavy atom. The number of aromatic amines is 1. The third-order valence-electron chi connectivity index (χ3n) is 2.92. The summed E-state index contributed by atoms with van der Waals surface area (Å²) in [5.74, 6) is -1.06. The summed E-state index contributed by atoms with van der Waals surface area (Å²) in [6, 6.07) is 8.01. The fourth-order valence-corrected chi connectivity index (χ4v) is 1.86. The number of amides is 2. The number of H-pyrrole nitrogens is 1. The van der Waals surface area contributed by atoms with Crippen molar-refractivity contribution >= 4 is 17.7 Å². The van der Waals surface area contributed by atoms with Crippen LogP contribution in [-0.2, 0) is 11.2 Å². The van der Waals surface area contributed by atoms with Gasteiger partial charge in [0.05, 0.1) is 11.9 Å². The smallest absolute Gasteiger partial charge is 0.326 e. The van der Waals surface area contributed by atoms with Crippen molar-refractivity contribution in [2.75, 3.05) is 5.32 Å². The zero-order valence-corrected chi connectivity index (χ0v) is 11.2. The third kappa shape index (κ3) is 4.64. The van der Waals surface area contributed by atoms with Gasteiger partial charge in [-0.2, -0.15) is 5.10 Å². The molecule has 1 heterocycles. The molecule has 21 heavy (non-hydrogen) atoms. The van der Waals surface area contributed by atoms with Crippen LogP contribution >= 0.6 is 0 Å². The Bertz CT molecular complexity index is 584. The fourth-order valence-electron chi connectivity index (χ4n) is 1.86. The fraction of sp³-hybridized carbons (Fsp3) is 0.214. The first kappa shape index (κ1) is 14.6. The van der Waals surface area contributed by atoms with Gasteiger partial charge < -0.3 is 15.7 Å². The number of anilines is 1. The number of urea groups is 1. The van der Waals surface area contributed by atoms with Crippen LogP contribution in [0.5, 0.6) is 0 Å². The third-order valence-corrected chi connectivity index (χ3v) is 2.92. The number of aliphatic carboxylic acids is 1. The summed E-state index contributed by atoms with van der Waals surface area (Å²) in [5.41, 5.74) is 1.50. The van der Waals surface area contributed by atoms with Crippen LogP contribution < -0.4 is 10.6 Å². The first-order valence-electron chi connectivity index (χ1n) is 6.48. The molecule has 1 atom stereocenters. The Balaban J connectivity index is 1.87. The van der Waals surface area contributed by atoms with E-state index in [4.69, 9.17) is 5.11 Å². The van der Waals surface area contributed by atoms with Crippen molar-refractivity contribution in [3.63, 3.8) is 0 Å². The average Bonchev–Trinajstić information content (AvgIpc) is 2.97. The maximum atomic E-state index is 11.7. The van der Waals surface area contributed by atoms with E-state index in [0.717, 1.165) is 5.56 Å². The minimum Gasteiger partial charge on any atom is -0.480 e. The van der Waals surface area contributed by atoms with E-state index in [1.165, 1.54) is 12.4 Å². The molecule has 0 saturated carbocycles. The predicted molar refractivity (Wildman–Crippen MR) is 76.9 cm³/mol. The highest BCUT2D eigenvalue weighted by molar-refractivity contribution is 5.91. The van der Waals surface area contributed by atoms with Crippen LogP contribution in [0.1, 0.15) is 12.0 Å². The Labute approximate surface area is 121 Å². The van der Waals surface area contributed by atoms with Crippen LogP contribution in [0.2, 0.25) is 0 Å². The van der Waals surface area contributed by atoms with E-state index in [1.54, 1.807) is 0 Å². The predicted octanol–water partition coefficient (Wildman–Crippen LogP) is 1.62. The summed E-state index contributed by atoms with van der Waals surface area (Å²) in [4.78, 5) is 22.9. The van der Waals surface area contributed by atoms with Crippen LogP contribution in [-0.4, -0.2) is 33.3 Å². The molecule has 2 amide bonds. The highest BCUT2D eigenvalue weighted by Gasteiger charge is 2.19. The van der Waals surface area contributed by atoms with Crippen molar-refractivity contribution in [2.45, 2.75) is 18.9 Å². The number of aromatic nitrogens is 2. The average molecular weight is 288 g/mol. The molecule has 0 bridgehead atoms. The highest BCUT2D eigenvalue weighted by Crippen LogP contribution is 2.06. The molecule has 2 aromatic rings. The first-order valence-corrected chi connectivity index (χ1v) is 6.48. The van der Waals surface area contributed by atoms with Crippen molar-refractivity contribution < 1.29 is 14.7 Å². The second-order valence-corrected chi connectivity index (χ2v) is 4.50. The molecule has 1 aromatic carbocycles. The molecule has 1 aromatic heterocycles. The van der Waals surface area contributed by atoms with Crippen LogP contribution in [0.4, 0.5) is 10.5 Å². The van der Waals surface area contributed by atoms with Crippen molar-refractivity contribution in [1.82, 2.24) is 15.5 Å². The number of hydrogen-bond donors (Lipinski definition) is 4. The largest absolute Gasteiger partial charge is 0.480 e. The number of carboxylic acid groups (broad SMARTS) is 1. The van der Waals surface area contributed by atoms with E-state index in [0.29, 0.717) is 18.5 Å². The van der Waals surface area contributed by atoms with E-state index in [9.17, 15) is 9.59 Å². The summed E-state index contributed by atoms with van der Waals surface area (Å²) < 4.78 is 0. The zero-order chi connectivity index (χ0) is 15.1. The molecule has 0 aliphatic rings. The second kappa shape index (κ2) is 7.09. The molecule has 0 spiro atoms. The molecule has 0 aliphatic carbocycles. The number of carbonyl (C=O) groups excluding carboxylic acids is 1. The summed E-state index contributed by atoms with van der Waals surface area (Å²) in [6.07, 6.45) is 3.82. The lowest BCUT2D eigenvalue weighted by molar-refractivity contribution is -0.139. The van der Waals surface area contributed by atoms with E-state index in [1.807, 2.05) is 30.3 Å². The topological polar surface area (TPSA) is 107 Å². The quantitative estimate of drug-likeness (QED) is 0.647. The molecule has 110 valence electrons. The van der Waals surface area contributed by atoms with Gasteiger partial charge in [-0.3, -0.25) is 5.10 Å². The summed E-state index contributed by atoms with van der Waals surface area (Å²) in [7, 11) is 0. The van der Waals surface area contributed by atoms with Gasteiger partial charge in [0, 0.05) is 6.20 Å². The molecule has 1 unspecified atom stereocenters. The minimum atomic E-state index is -1.06.